The van der Waals surface area contributed by atoms with Gasteiger partial charge >= 0.3 is 0 Å². The van der Waals surface area contributed by atoms with Crippen molar-refractivity contribution >= 4 is 44.6 Å². The lowest BCUT2D eigenvalue weighted by atomic mass is 10.3. The zero-order valence-corrected chi connectivity index (χ0v) is 14.9. The first kappa shape index (κ1) is 19.1. The summed E-state index contributed by atoms with van der Waals surface area (Å²) in [7, 11) is -2.06. The molecule has 0 bridgehead atoms. The summed E-state index contributed by atoms with van der Waals surface area (Å²) in [5.74, 6) is -0.329. The molecule has 0 fully saturated rings. The highest BCUT2D eigenvalue weighted by atomic mass is 35.5. The maximum atomic E-state index is 12.6. The SMILES string of the molecule is CCC(CC)S(=O)(=O)c1ccc(OC)c(NC(=O)C(Cl)Cl)c1. The molecule has 0 aromatic heterocycles. The normalized spacial score (nSPS) is 11.8. The second-order valence-corrected chi connectivity index (χ2v) is 7.96. The Labute approximate surface area is 140 Å². The number of methoxy groups -OCH3 is 1. The minimum Gasteiger partial charge on any atom is -0.495 e. The predicted molar refractivity (Wildman–Crippen MR) is 88.7 cm³/mol. The van der Waals surface area contributed by atoms with Crippen LogP contribution in [0.3, 0.4) is 0 Å². The summed E-state index contributed by atoms with van der Waals surface area (Å²) in [6.07, 6.45) is 1.02. The third-order valence-electron chi connectivity index (χ3n) is 3.31. The van der Waals surface area contributed by atoms with Gasteiger partial charge in [-0.15, -0.1) is 0 Å². The number of ether oxygens (including phenoxy) is 1. The molecule has 1 rings (SSSR count). The molecule has 8 heteroatoms. The Morgan fingerprint density at radius 2 is 1.86 bits per heavy atom. The topological polar surface area (TPSA) is 72.5 Å². The van der Waals surface area contributed by atoms with E-state index < -0.39 is 25.8 Å². The summed E-state index contributed by atoms with van der Waals surface area (Å²) in [4.78, 5) is 10.5. The number of hydrogen-bond acceptors (Lipinski definition) is 4. The Bertz CT molecular complexity index is 628. The van der Waals surface area contributed by atoms with Crippen molar-refractivity contribution in [3.8, 4) is 5.75 Å². The Morgan fingerprint density at radius 3 is 2.32 bits per heavy atom. The lowest BCUT2D eigenvalue weighted by Gasteiger charge is -2.16. The number of carbonyl (C=O) groups is 1. The third-order valence-corrected chi connectivity index (χ3v) is 6.16. The van der Waals surface area contributed by atoms with Crippen LogP contribution < -0.4 is 10.1 Å². The number of hydrogen-bond donors (Lipinski definition) is 1. The summed E-state index contributed by atoms with van der Waals surface area (Å²) in [5.41, 5.74) is 0.214. The molecule has 1 N–H and O–H groups in total. The Kier molecular flexibility index (Phi) is 6.97. The van der Waals surface area contributed by atoms with Gasteiger partial charge in [-0.25, -0.2) is 8.42 Å². The van der Waals surface area contributed by atoms with Crippen molar-refractivity contribution in [2.24, 2.45) is 0 Å². The number of halogens is 2. The average molecular weight is 368 g/mol. The number of nitrogens with one attached hydrogen (secondary N) is 1. The third kappa shape index (κ3) is 4.27. The number of rotatable bonds is 7. The molecule has 5 nitrogen and oxygen atoms in total. The number of amides is 1. The van der Waals surface area contributed by atoms with Gasteiger partial charge in [-0.05, 0) is 31.0 Å². The van der Waals surface area contributed by atoms with Gasteiger partial charge in [0, 0.05) is 0 Å². The van der Waals surface area contributed by atoms with Crippen LogP contribution in [0.2, 0.25) is 0 Å². The van der Waals surface area contributed by atoms with Crippen LogP contribution in [-0.2, 0) is 14.6 Å². The predicted octanol–water partition coefficient (Wildman–Crippen LogP) is 3.40. The zero-order valence-electron chi connectivity index (χ0n) is 12.6. The van der Waals surface area contributed by atoms with E-state index in [9.17, 15) is 13.2 Å². The fraction of sp³-hybridized carbons (Fsp3) is 0.500. The average Bonchev–Trinajstić information content (AvgIpc) is 2.47. The summed E-state index contributed by atoms with van der Waals surface area (Å²) >= 11 is 11.0. The van der Waals surface area contributed by atoms with E-state index in [4.69, 9.17) is 27.9 Å². The zero-order chi connectivity index (χ0) is 16.9. The molecular weight excluding hydrogens is 349 g/mol. The first-order chi connectivity index (χ1) is 10.3. The van der Waals surface area contributed by atoms with Crippen molar-refractivity contribution in [1.29, 1.82) is 0 Å². The number of benzene rings is 1. The summed E-state index contributed by atoms with van der Waals surface area (Å²) in [5, 5.41) is 1.98. The van der Waals surface area contributed by atoms with E-state index in [1.165, 1.54) is 25.3 Å². The standard InChI is InChI=1S/C14H19Cl2NO4S/c1-4-9(5-2)22(19,20)10-6-7-12(21-3)11(8-10)17-14(18)13(15)16/h6-9,13H,4-5H2,1-3H3,(H,17,18). The molecule has 0 atom stereocenters. The van der Waals surface area contributed by atoms with Gasteiger partial charge in [0.25, 0.3) is 5.91 Å². The van der Waals surface area contributed by atoms with Crippen molar-refractivity contribution in [1.82, 2.24) is 0 Å². The van der Waals surface area contributed by atoms with E-state index >= 15 is 0 Å². The molecule has 124 valence electrons. The van der Waals surface area contributed by atoms with Gasteiger partial charge in [0.1, 0.15) is 5.75 Å². The van der Waals surface area contributed by atoms with Crippen LogP contribution in [0.15, 0.2) is 23.1 Å². The highest BCUT2D eigenvalue weighted by Gasteiger charge is 2.26. The molecule has 0 saturated carbocycles. The van der Waals surface area contributed by atoms with Crippen molar-refractivity contribution in [2.45, 2.75) is 41.7 Å². The molecule has 0 radical (unpaired) electrons. The molecule has 0 saturated heterocycles. The Morgan fingerprint density at radius 1 is 1.27 bits per heavy atom. The molecule has 0 aliphatic heterocycles. The second-order valence-electron chi connectivity index (χ2n) is 4.64. The first-order valence-corrected chi connectivity index (χ1v) is 9.20. The number of anilines is 1. The van der Waals surface area contributed by atoms with Crippen molar-refractivity contribution < 1.29 is 17.9 Å². The lowest BCUT2D eigenvalue weighted by Crippen LogP contribution is -2.21. The summed E-state index contributed by atoms with van der Waals surface area (Å²) < 4.78 is 30.2. The fourth-order valence-electron chi connectivity index (χ4n) is 2.07. The molecule has 22 heavy (non-hydrogen) atoms. The molecule has 1 aromatic carbocycles. The fourth-order valence-corrected chi connectivity index (χ4v) is 3.98. The molecule has 1 aromatic rings. The monoisotopic (exact) mass is 367 g/mol. The smallest absolute Gasteiger partial charge is 0.257 e. The van der Waals surface area contributed by atoms with Gasteiger partial charge in [-0.1, -0.05) is 37.0 Å². The van der Waals surface area contributed by atoms with Gasteiger partial charge < -0.3 is 10.1 Å². The first-order valence-electron chi connectivity index (χ1n) is 6.78. The van der Waals surface area contributed by atoms with Crippen molar-refractivity contribution in [3.05, 3.63) is 18.2 Å². The van der Waals surface area contributed by atoms with Crippen LogP contribution in [0.5, 0.6) is 5.75 Å². The van der Waals surface area contributed by atoms with Crippen LogP contribution >= 0.6 is 23.2 Å². The maximum absolute atomic E-state index is 12.6. The van der Waals surface area contributed by atoms with E-state index in [2.05, 4.69) is 5.32 Å². The Balaban J connectivity index is 3.28. The molecule has 0 aliphatic carbocycles. The van der Waals surface area contributed by atoms with E-state index in [-0.39, 0.29) is 10.6 Å². The van der Waals surface area contributed by atoms with Crippen LogP contribution in [0.1, 0.15) is 26.7 Å². The van der Waals surface area contributed by atoms with Gasteiger partial charge in [-0.3, -0.25) is 4.79 Å². The van der Waals surface area contributed by atoms with Crippen LogP contribution in [0.25, 0.3) is 0 Å². The van der Waals surface area contributed by atoms with Crippen molar-refractivity contribution in [2.75, 3.05) is 12.4 Å². The van der Waals surface area contributed by atoms with Gasteiger partial charge in [-0.2, -0.15) is 0 Å². The van der Waals surface area contributed by atoms with E-state index in [1.807, 2.05) is 13.8 Å². The highest BCUT2D eigenvalue weighted by Crippen LogP contribution is 2.30. The maximum Gasteiger partial charge on any atom is 0.257 e. The molecule has 0 spiro atoms. The van der Waals surface area contributed by atoms with Crippen LogP contribution in [0.4, 0.5) is 5.69 Å². The minimum absolute atomic E-state index is 0.123. The Hall–Kier alpha value is -0.980. The lowest BCUT2D eigenvalue weighted by molar-refractivity contribution is -0.114. The molecular formula is C14H19Cl2NO4S. The summed E-state index contributed by atoms with van der Waals surface area (Å²) in [6, 6.07) is 4.31. The van der Waals surface area contributed by atoms with E-state index in [1.54, 1.807) is 0 Å². The largest absolute Gasteiger partial charge is 0.495 e. The van der Waals surface area contributed by atoms with Crippen LogP contribution in [0, 0.1) is 0 Å². The molecule has 0 heterocycles. The van der Waals surface area contributed by atoms with Gasteiger partial charge in [0.15, 0.2) is 14.7 Å². The second kappa shape index (κ2) is 8.04. The van der Waals surface area contributed by atoms with Gasteiger partial charge in [0.05, 0.1) is 22.9 Å². The molecule has 0 unspecified atom stereocenters. The molecule has 1 amide bonds. The van der Waals surface area contributed by atoms with Gasteiger partial charge in [0.2, 0.25) is 0 Å². The molecule has 0 aliphatic rings. The highest BCUT2D eigenvalue weighted by molar-refractivity contribution is 7.92. The number of sulfone groups is 1. The quantitative estimate of drug-likeness (QED) is 0.749. The van der Waals surface area contributed by atoms with E-state index in [0.29, 0.717) is 18.6 Å². The van der Waals surface area contributed by atoms with Crippen LogP contribution in [-0.4, -0.2) is 31.5 Å². The summed E-state index contributed by atoms with van der Waals surface area (Å²) in [6.45, 7) is 3.65. The number of carbonyl (C=O) groups excluding carboxylic acids is 1. The van der Waals surface area contributed by atoms with E-state index in [0.717, 1.165) is 0 Å². The van der Waals surface area contributed by atoms with Crippen molar-refractivity contribution in [3.63, 3.8) is 0 Å². The number of alkyl halides is 2. The minimum atomic E-state index is -3.48.